The number of rotatable bonds is 8. The van der Waals surface area contributed by atoms with Crippen molar-refractivity contribution in [2.45, 2.75) is 19.3 Å². The van der Waals surface area contributed by atoms with Gasteiger partial charge in [-0.05, 0) is 49.1 Å². The van der Waals surface area contributed by atoms with Gasteiger partial charge in [0.1, 0.15) is 23.1 Å². The van der Waals surface area contributed by atoms with Gasteiger partial charge in [0.05, 0.1) is 30.3 Å². The molecule has 29 heavy (non-hydrogen) atoms. The van der Waals surface area contributed by atoms with Gasteiger partial charge in [0.2, 0.25) is 0 Å². The van der Waals surface area contributed by atoms with Crippen molar-refractivity contribution in [3.8, 4) is 11.5 Å². The Morgan fingerprint density at radius 2 is 2.10 bits per heavy atom. The molecule has 1 amide bonds. The predicted octanol–water partition coefficient (Wildman–Crippen LogP) is 3.48. The zero-order chi connectivity index (χ0) is 20.4. The van der Waals surface area contributed by atoms with Gasteiger partial charge in [0.15, 0.2) is 0 Å². The number of hydrogen-bond acceptors (Lipinski definition) is 4. The Labute approximate surface area is 168 Å². The number of carbonyl (C=O) groups excluding carboxylic acids is 1. The molecule has 7 heteroatoms. The highest BCUT2D eigenvalue weighted by Gasteiger charge is 2.23. The molecule has 1 heterocycles. The first-order valence-corrected chi connectivity index (χ1v) is 9.75. The van der Waals surface area contributed by atoms with Gasteiger partial charge in [-0.2, -0.15) is 0 Å². The lowest BCUT2D eigenvalue weighted by atomic mass is 10.1. The summed E-state index contributed by atoms with van der Waals surface area (Å²) in [5.41, 5.74) is 1.96. The molecule has 1 aromatic heterocycles. The van der Waals surface area contributed by atoms with Crippen LogP contribution in [0.4, 0.5) is 4.39 Å². The molecular formula is C22H24FN3O3. The third-order valence-corrected chi connectivity index (χ3v) is 5.17. The molecule has 1 aliphatic carbocycles. The zero-order valence-electron chi connectivity index (χ0n) is 16.6. The molecule has 6 nitrogen and oxygen atoms in total. The molecule has 0 bridgehead atoms. The molecule has 1 fully saturated rings. The maximum Gasteiger partial charge on any atom is 0.255 e. The monoisotopic (exact) mass is 397 g/mol. The minimum atomic E-state index is -0.293. The Hall–Kier alpha value is -3.09. The summed E-state index contributed by atoms with van der Waals surface area (Å²) in [6, 6.07) is 9.73. The number of methoxy groups -OCH3 is 1. The zero-order valence-corrected chi connectivity index (χ0v) is 16.6. The van der Waals surface area contributed by atoms with Crippen molar-refractivity contribution in [1.29, 1.82) is 0 Å². The first kappa shape index (κ1) is 19.2. The Bertz CT molecular complexity index is 1040. The molecule has 0 saturated heterocycles. The van der Waals surface area contributed by atoms with Crippen molar-refractivity contribution >= 4 is 16.9 Å². The smallest absolute Gasteiger partial charge is 0.255 e. The Morgan fingerprint density at radius 1 is 1.28 bits per heavy atom. The molecule has 1 aliphatic rings. The number of aryl methyl sites for hydroxylation is 1. The third kappa shape index (κ3) is 4.34. The maximum absolute atomic E-state index is 13.5. The largest absolute Gasteiger partial charge is 0.497 e. The van der Waals surface area contributed by atoms with E-state index in [2.05, 4.69) is 10.3 Å². The predicted molar refractivity (Wildman–Crippen MR) is 108 cm³/mol. The second kappa shape index (κ2) is 8.11. The van der Waals surface area contributed by atoms with Gasteiger partial charge < -0.3 is 19.4 Å². The fourth-order valence-electron chi connectivity index (χ4n) is 3.25. The summed E-state index contributed by atoms with van der Waals surface area (Å²) in [7, 11) is 3.43. The number of fused-ring (bicyclic) bond motifs is 1. The first-order chi connectivity index (χ1) is 14.0. The number of ether oxygens (including phenoxy) is 2. The van der Waals surface area contributed by atoms with Crippen molar-refractivity contribution in [2.24, 2.45) is 13.0 Å². The van der Waals surface area contributed by atoms with E-state index in [1.807, 2.05) is 11.6 Å². The van der Waals surface area contributed by atoms with Crippen LogP contribution >= 0.6 is 0 Å². The van der Waals surface area contributed by atoms with Crippen LogP contribution in [0.15, 0.2) is 36.4 Å². The maximum atomic E-state index is 13.5. The van der Waals surface area contributed by atoms with Crippen molar-refractivity contribution < 1.29 is 18.7 Å². The van der Waals surface area contributed by atoms with Crippen LogP contribution in [0.1, 0.15) is 29.0 Å². The number of halogens is 1. The lowest BCUT2D eigenvalue weighted by Crippen LogP contribution is -2.27. The van der Waals surface area contributed by atoms with Crippen LogP contribution in [0.5, 0.6) is 11.5 Å². The molecule has 0 spiro atoms. The molecule has 152 valence electrons. The second-order valence-electron chi connectivity index (χ2n) is 7.34. The summed E-state index contributed by atoms with van der Waals surface area (Å²) in [5.74, 6) is 2.05. The van der Waals surface area contributed by atoms with Gasteiger partial charge in [0, 0.05) is 26.1 Å². The van der Waals surface area contributed by atoms with Gasteiger partial charge >= 0.3 is 0 Å². The summed E-state index contributed by atoms with van der Waals surface area (Å²) >= 11 is 0. The fraction of sp³-hybridized carbons (Fsp3) is 0.364. The standard InChI is InChI=1S/C22H24FN3O3/c1-26-19-11-15(23)5-8-18(19)25-21(26)9-10-24-22(27)17-7-6-16(28-2)12-20(17)29-13-14-3-4-14/h5-8,11-12,14H,3-4,9-10,13H2,1-2H3,(H,24,27). The van der Waals surface area contributed by atoms with E-state index in [0.29, 0.717) is 42.6 Å². The number of carbonyl (C=O) groups is 1. The van der Waals surface area contributed by atoms with Gasteiger partial charge in [-0.1, -0.05) is 0 Å². The molecule has 1 N–H and O–H groups in total. The molecular weight excluding hydrogens is 373 g/mol. The summed E-state index contributed by atoms with van der Waals surface area (Å²) in [6.45, 7) is 1.02. The lowest BCUT2D eigenvalue weighted by molar-refractivity contribution is 0.0949. The molecule has 2 aromatic carbocycles. The highest BCUT2D eigenvalue weighted by Crippen LogP contribution is 2.31. The molecule has 0 unspecified atom stereocenters. The quantitative estimate of drug-likeness (QED) is 0.632. The summed E-state index contributed by atoms with van der Waals surface area (Å²) in [6.07, 6.45) is 2.88. The van der Waals surface area contributed by atoms with Crippen LogP contribution in [0.25, 0.3) is 11.0 Å². The van der Waals surface area contributed by atoms with Crippen molar-refractivity contribution in [2.75, 3.05) is 20.3 Å². The van der Waals surface area contributed by atoms with Crippen molar-refractivity contribution in [3.63, 3.8) is 0 Å². The van der Waals surface area contributed by atoms with Crippen LogP contribution in [0.3, 0.4) is 0 Å². The van der Waals surface area contributed by atoms with Crippen LogP contribution in [0.2, 0.25) is 0 Å². The van der Waals surface area contributed by atoms with Crippen LogP contribution in [0, 0.1) is 11.7 Å². The Morgan fingerprint density at radius 3 is 2.86 bits per heavy atom. The van der Waals surface area contributed by atoms with Crippen molar-refractivity contribution in [1.82, 2.24) is 14.9 Å². The number of hydrogen-bond donors (Lipinski definition) is 1. The molecule has 0 atom stereocenters. The van der Waals surface area contributed by atoms with Gasteiger partial charge in [-0.15, -0.1) is 0 Å². The van der Waals surface area contributed by atoms with Gasteiger partial charge in [-0.25, -0.2) is 9.37 Å². The lowest BCUT2D eigenvalue weighted by Gasteiger charge is -2.13. The normalized spacial score (nSPS) is 13.5. The molecule has 0 aliphatic heterocycles. The average molecular weight is 397 g/mol. The summed E-state index contributed by atoms with van der Waals surface area (Å²) in [5, 5.41) is 2.92. The number of benzene rings is 2. The minimum Gasteiger partial charge on any atom is -0.497 e. The van der Waals surface area contributed by atoms with E-state index in [1.165, 1.54) is 25.0 Å². The topological polar surface area (TPSA) is 65.4 Å². The van der Waals surface area contributed by atoms with E-state index >= 15 is 0 Å². The number of aromatic nitrogens is 2. The number of amides is 1. The van der Waals surface area contributed by atoms with E-state index in [1.54, 1.807) is 31.4 Å². The van der Waals surface area contributed by atoms with Crippen LogP contribution < -0.4 is 14.8 Å². The average Bonchev–Trinajstić information content (AvgIpc) is 3.51. The van der Waals surface area contributed by atoms with Crippen molar-refractivity contribution in [3.05, 3.63) is 53.6 Å². The summed E-state index contributed by atoms with van der Waals surface area (Å²) < 4.78 is 26.4. The molecule has 4 rings (SSSR count). The van der Waals surface area contributed by atoms with Gasteiger partial charge in [-0.3, -0.25) is 4.79 Å². The molecule has 1 saturated carbocycles. The van der Waals surface area contributed by atoms with E-state index in [-0.39, 0.29) is 11.7 Å². The van der Waals surface area contributed by atoms with Crippen LogP contribution in [-0.4, -0.2) is 35.7 Å². The molecule has 3 aromatic rings. The van der Waals surface area contributed by atoms with Crippen LogP contribution in [-0.2, 0) is 13.5 Å². The van der Waals surface area contributed by atoms with Gasteiger partial charge in [0.25, 0.3) is 5.91 Å². The fourth-order valence-corrected chi connectivity index (χ4v) is 3.25. The third-order valence-electron chi connectivity index (χ3n) is 5.17. The number of nitrogens with one attached hydrogen (secondary N) is 1. The number of imidazole rings is 1. The summed E-state index contributed by atoms with van der Waals surface area (Å²) in [4.78, 5) is 17.2. The second-order valence-corrected chi connectivity index (χ2v) is 7.34. The molecule has 0 radical (unpaired) electrons. The minimum absolute atomic E-state index is 0.205. The highest BCUT2D eigenvalue weighted by molar-refractivity contribution is 5.97. The first-order valence-electron chi connectivity index (χ1n) is 9.75. The van der Waals surface area contributed by atoms with E-state index < -0.39 is 0 Å². The van der Waals surface area contributed by atoms with E-state index in [0.717, 1.165) is 16.9 Å². The Balaban J connectivity index is 1.42. The highest BCUT2D eigenvalue weighted by atomic mass is 19.1. The Kier molecular flexibility index (Phi) is 5.38. The van der Waals surface area contributed by atoms with E-state index in [4.69, 9.17) is 9.47 Å². The number of nitrogens with zero attached hydrogens (tertiary/aromatic N) is 2. The SMILES string of the molecule is COc1ccc(C(=O)NCCc2nc3ccc(F)cc3n2C)c(OCC2CC2)c1. The van der Waals surface area contributed by atoms with E-state index in [9.17, 15) is 9.18 Å².